The molecule has 0 bridgehead atoms. The summed E-state index contributed by atoms with van der Waals surface area (Å²) in [5, 5.41) is 6.37. The summed E-state index contributed by atoms with van der Waals surface area (Å²) >= 11 is 0. The maximum atomic E-state index is 12.3. The largest absolute Gasteiger partial charge is 0.497 e. The molecule has 7 heteroatoms. The predicted octanol–water partition coefficient (Wildman–Crippen LogP) is 2.40. The molecule has 1 aromatic carbocycles. The van der Waals surface area contributed by atoms with Crippen molar-refractivity contribution in [2.75, 3.05) is 34.3 Å². The number of piperidine rings is 1. The summed E-state index contributed by atoms with van der Waals surface area (Å²) in [5.41, 5.74) is 1.14. The fourth-order valence-electron chi connectivity index (χ4n) is 2.84. The Labute approximate surface area is 157 Å². The Morgan fingerprint density at radius 1 is 1.38 bits per heavy atom. The first-order valence-corrected chi connectivity index (χ1v) is 7.93. The molecule has 2 atom stereocenters. The normalized spacial score (nSPS) is 18.1. The third kappa shape index (κ3) is 6.48. The van der Waals surface area contributed by atoms with Crippen LogP contribution in [0.15, 0.2) is 24.3 Å². The Morgan fingerprint density at radius 3 is 2.71 bits per heavy atom. The molecule has 1 heterocycles. The zero-order valence-corrected chi connectivity index (χ0v) is 16.2. The van der Waals surface area contributed by atoms with E-state index in [1.165, 1.54) is 0 Å². The van der Waals surface area contributed by atoms with Gasteiger partial charge in [0.05, 0.1) is 19.2 Å². The number of carbonyl (C=O) groups is 1. The van der Waals surface area contributed by atoms with Crippen molar-refractivity contribution < 1.29 is 9.53 Å². The van der Waals surface area contributed by atoms with Gasteiger partial charge in [-0.25, -0.2) is 0 Å². The Balaban J connectivity index is 0.00000264. The molecule has 1 amide bonds. The van der Waals surface area contributed by atoms with Crippen LogP contribution in [0.3, 0.4) is 0 Å². The van der Waals surface area contributed by atoms with Crippen LogP contribution in [0.25, 0.3) is 0 Å². The highest BCUT2D eigenvalue weighted by Gasteiger charge is 2.22. The van der Waals surface area contributed by atoms with Gasteiger partial charge in [-0.3, -0.25) is 4.79 Å². The van der Waals surface area contributed by atoms with E-state index in [2.05, 4.69) is 21.6 Å². The molecule has 5 nitrogen and oxygen atoms in total. The third-order valence-electron chi connectivity index (χ3n) is 4.20. The van der Waals surface area contributed by atoms with E-state index in [1.807, 2.05) is 32.3 Å². The summed E-state index contributed by atoms with van der Waals surface area (Å²) < 4.78 is 5.29. The topological polar surface area (TPSA) is 53.6 Å². The number of ether oxygens (including phenoxy) is 1. The molecule has 2 unspecified atom stereocenters. The van der Waals surface area contributed by atoms with Crippen LogP contribution in [0.2, 0.25) is 0 Å². The minimum atomic E-state index is -0.0399. The van der Waals surface area contributed by atoms with Crippen molar-refractivity contribution in [2.24, 2.45) is 0 Å². The minimum absolute atomic E-state index is 0. The Morgan fingerprint density at radius 2 is 2.12 bits per heavy atom. The van der Waals surface area contributed by atoms with E-state index in [1.54, 1.807) is 7.11 Å². The SMILES string of the molecule is COc1cccc(C(CNC(=O)C2CCCCN2)N(C)C)c1.Cl.Cl. The second kappa shape index (κ2) is 11.5. The van der Waals surface area contributed by atoms with E-state index in [9.17, 15) is 4.79 Å². The van der Waals surface area contributed by atoms with E-state index in [0.717, 1.165) is 37.1 Å². The minimum Gasteiger partial charge on any atom is -0.497 e. The summed E-state index contributed by atoms with van der Waals surface area (Å²) in [4.78, 5) is 14.4. The van der Waals surface area contributed by atoms with Gasteiger partial charge in [0, 0.05) is 6.54 Å². The fraction of sp³-hybridized carbons (Fsp3) is 0.588. The van der Waals surface area contributed by atoms with Crippen molar-refractivity contribution in [3.63, 3.8) is 0 Å². The van der Waals surface area contributed by atoms with Crippen LogP contribution >= 0.6 is 24.8 Å². The monoisotopic (exact) mass is 377 g/mol. The smallest absolute Gasteiger partial charge is 0.237 e. The number of nitrogens with one attached hydrogen (secondary N) is 2. The van der Waals surface area contributed by atoms with Crippen LogP contribution in [0.1, 0.15) is 30.9 Å². The van der Waals surface area contributed by atoms with Crippen LogP contribution in [0.5, 0.6) is 5.75 Å². The standard InChI is InChI=1S/C17H27N3O2.2ClH/c1-20(2)16(13-7-6-8-14(11-13)22-3)12-19-17(21)15-9-4-5-10-18-15;;/h6-8,11,15-16,18H,4-5,9-10,12H2,1-3H3,(H,19,21);2*1H. The van der Waals surface area contributed by atoms with Gasteiger partial charge in [-0.05, 0) is 51.2 Å². The molecule has 138 valence electrons. The summed E-state index contributed by atoms with van der Waals surface area (Å²) in [7, 11) is 5.71. The number of rotatable bonds is 6. The van der Waals surface area contributed by atoms with Crippen molar-refractivity contribution in [3.8, 4) is 5.75 Å². The van der Waals surface area contributed by atoms with Crippen LogP contribution in [-0.4, -0.2) is 51.1 Å². The lowest BCUT2D eigenvalue weighted by molar-refractivity contribution is -0.123. The quantitative estimate of drug-likeness (QED) is 0.798. The molecule has 1 fully saturated rings. The number of likely N-dealkylation sites (N-methyl/N-ethyl adjacent to an activating group) is 1. The lowest BCUT2D eigenvalue weighted by Crippen LogP contribution is -2.48. The van der Waals surface area contributed by atoms with E-state index in [0.29, 0.717) is 6.54 Å². The molecular formula is C17H29Cl2N3O2. The van der Waals surface area contributed by atoms with E-state index >= 15 is 0 Å². The molecule has 0 radical (unpaired) electrons. The number of halogens is 2. The van der Waals surface area contributed by atoms with Crippen LogP contribution in [0, 0.1) is 0 Å². The molecule has 1 aromatic rings. The second-order valence-electron chi connectivity index (χ2n) is 6.00. The number of benzene rings is 1. The predicted molar refractivity (Wildman–Crippen MR) is 103 cm³/mol. The van der Waals surface area contributed by atoms with E-state index < -0.39 is 0 Å². The lowest BCUT2D eigenvalue weighted by atomic mass is 10.0. The molecule has 0 spiro atoms. The second-order valence-corrected chi connectivity index (χ2v) is 6.00. The van der Waals surface area contributed by atoms with Crippen molar-refractivity contribution in [1.82, 2.24) is 15.5 Å². The Bertz CT molecular complexity index is 494. The molecule has 1 aliphatic heterocycles. The lowest BCUT2D eigenvalue weighted by Gasteiger charge is -2.27. The van der Waals surface area contributed by atoms with Crippen molar-refractivity contribution in [2.45, 2.75) is 31.3 Å². The zero-order valence-electron chi connectivity index (χ0n) is 14.6. The van der Waals surface area contributed by atoms with Gasteiger partial charge in [0.25, 0.3) is 0 Å². The maximum Gasteiger partial charge on any atom is 0.237 e. The average molecular weight is 378 g/mol. The fourth-order valence-corrected chi connectivity index (χ4v) is 2.84. The molecule has 0 aromatic heterocycles. The average Bonchev–Trinajstić information content (AvgIpc) is 2.55. The van der Waals surface area contributed by atoms with Gasteiger partial charge in [0.15, 0.2) is 0 Å². The Hall–Kier alpha value is -1.01. The molecular weight excluding hydrogens is 349 g/mol. The number of amides is 1. The molecule has 1 saturated heterocycles. The van der Waals surface area contributed by atoms with Gasteiger partial charge in [0.2, 0.25) is 5.91 Å². The van der Waals surface area contributed by atoms with Crippen LogP contribution in [-0.2, 0) is 4.79 Å². The van der Waals surface area contributed by atoms with E-state index in [4.69, 9.17) is 4.74 Å². The molecule has 2 N–H and O–H groups in total. The van der Waals surface area contributed by atoms with Crippen molar-refractivity contribution in [3.05, 3.63) is 29.8 Å². The van der Waals surface area contributed by atoms with Gasteiger partial charge in [-0.1, -0.05) is 18.6 Å². The molecule has 0 saturated carbocycles. The summed E-state index contributed by atoms with van der Waals surface area (Å²) in [6.07, 6.45) is 3.21. The first kappa shape index (κ1) is 23.0. The summed E-state index contributed by atoms with van der Waals surface area (Å²) in [6.45, 7) is 1.53. The number of carbonyl (C=O) groups excluding carboxylic acids is 1. The van der Waals surface area contributed by atoms with Crippen LogP contribution < -0.4 is 15.4 Å². The molecule has 2 rings (SSSR count). The third-order valence-corrected chi connectivity index (χ3v) is 4.20. The van der Waals surface area contributed by atoms with Gasteiger partial charge < -0.3 is 20.3 Å². The highest BCUT2D eigenvalue weighted by atomic mass is 35.5. The maximum absolute atomic E-state index is 12.3. The van der Waals surface area contributed by atoms with Gasteiger partial charge in [0.1, 0.15) is 5.75 Å². The number of nitrogens with zero attached hydrogens (tertiary/aromatic N) is 1. The highest BCUT2D eigenvalue weighted by molar-refractivity contribution is 5.85. The van der Waals surface area contributed by atoms with Crippen molar-refractivity contribution >= 4 is 30.7 Å². The Kier molecular flexibility index (Phi) is 11.0. The van der Waals surface area contributed by atoms with Gasteiger partial charge >= 0.3 is 0 Å². The highest BCUT2D eigenvalue weighted by Crippen LogP contribution is 2.22. The number of methoxy groups -OCH3 is 1. The number of hydrogen-bond donors (Lipinski definition) is 2. The van der Waals surface area contributed by atoms with E-state index in [-0.39, 0.29) is 42.8 Å². The van der Waals surface area contributed by atoms with Crippen molar-refractivity contribution in [1.29, 1.82) is 0 Å². The molecule has 1 aliphatic rings. The first-order valence-electron chi connectivity index (χ1n) is 7.93. The summed E-state index contributed by atoms with van der Waals surface area (Å²) in [6, 6.07) is 8.09. The number of hydrogen-bond acceptors (Lipinski definition) is 4. The van der Waals surface area contributed by atoms with Gasteiger partial charge in [-0.2, -0.15) is 0 Å². The molecule has 24 heavy (non-hydrogen) atoms. The zero-order chi connectivity index (χ0) is 15.9. The first-order chi connectivity index (χ1) is 10.6. The van der Waals surface area contributed by atoms with Crippen LogP contribution in [0.4, 0.5) is 0 Å². The summed E-state index contributed by atoms with van der Waals surface area (Å²) in [5.74, 6) is 0.944. The van der Waals surface area contributed by atoms with Gasteiger partial charge in [-0.15, -0.1) is 24.8 Å². The molecule has 0 aliphatic carbocycles.